The van der Waals surface area contributed by atoms with Crippen LogP contribution in [0, 0.1) is 6.92 Å². The molecule has 6 heteroatoms. The van der Waals surface area contributed by atoms with Crippen LogP contribution in [0.25, 0.3) is 11.4 Å². The fraction of sp³-hybridized carbons (Fsp3) is 0.273. The van der Waals surface area contributed by atoms with E-state index in [1.165, 1.54) is 0 Å². The first-order valence-corrected chi connectivity index (χ1v) is 5.30. The number of aromatic nitrogens is 4. The monoisotopic (exact) mass is 230 g/mol. The normalized spacial score (nSPS) is 13.0. The zero-order valence-corrected chi connectivity index (χ0v) is 9.19. The van der Waals surface area contributed by atoms with Crippen LogP contribution in [0.3, 0.4) is 0 Å². The molecule has 2 aromatic rings. The van der Waals surface area contributed by atoms with Crippen molar-refractivity contribution >= 4 is 5.97 Å². The SMILES string of the molecule is Cc1ncc2c(n1)-c1n[nH]c(C(=O)O)c1CC2. The number of aryl methyl sites for hydroxylation is 2. The summed E-state index contributed by atoms with van der Waals surface area (Å²) in [7, 11) is 0. The summed E-state index contributed by atoms with van der Waals surface area (Å²) < 4.78 is 0. The lowest BCUT2D eigenvalue weighted by molar-refractivity contribution is 0.0689. The summed E-state index contributed by atoms with van der Waals surface area (Å²) in [6.45, 7) is 1.80. The van der Waals surface area contributed by atoms with Gasteiger partial charge in [0.2, 0.25) is 0 Å². The first kappa shape index (κ1) is 9.95. The molecule has 2 aromatic heterocycles. The Bertz CT molecular complexity index is 618. The Morgan fingerprint density at radius 1 is 1.41 bits per heavy atom. The van der Waals surface area contributed by atoms with Crippen molar-refractivity contribution in [3.8, 4) is 11.4 Å². The van der Waals surface area contributed by atoms with E-state index in [-0.39, 0.29) is 5.69 Å². The first-order valence-electron chi connectivity index (χ1n) is 5.30. The minimum atomic E-state index is -0.979. The average molecular weight is 230 g/mol. The zero-order valence-electron chi connectivity index (χ0n) is 9.19. The molecule has 1 aliphatic rings. The zero-order chi connectivity index (χ0) is 12.0. The standard InChI is InChI=1S/C11H10N4O2/c1-5-12-4-6-2-3-7-9(8(6)13-5)14-15-10(7)11(16)17/h4H,2-3H2,1H3,(H,14,15)(H,16,17). The molecule has 1 aliphatic carbocycles. The van der Waals surface area contributed by atoms with Gasteiger partial charge in [-0.1, -0.05) is 0 Å². The topological polar surface area (TPSA) is 91.8 Å². The molecule has 0 atom stereocenters. The second-order valence-corrected chi connectivity index (χ2v) is 4.02. The second-order valence-electron chi connectivity index (χ2n) is 4.02. The fourth-order valence-corrected chi connectivity index (χ4v) is 2.12. The van der Waals surface area contributed by atoms with E-state index >= 15 is 0 Å². The highest BCUT2D eigenvalue weighted by molar-refractivity contribution is 5.90. The number of nitrogens with one attached hydrogen (secondary N) is 1. The van der Waals surface area contributed by atoms with Crippen molar-refractivity contribution in [3.05, 3.63) is 28.8 Å². The van der Waals surface area contributed by atoms with Crippen molar-refractivity contribution in [1.82, 2.24) is 20.2 Å². The lowest BCUT2D eigenvalue weighted by atomic mass is 9.93. The maximum Gasteiger partial charge on any atom is 0.354 e. The molecule has 0 amide bonds. The van der Waals surface area contributed by atoms with Crippen LogP contribution in [-0.4, -0.2) is 31.2 Å². The van der Waals surface area contributed by atoms with Gasteiger partial charge >= 0.3 is 5.97 Å². The van der Waals surface area contributed by atoms with Gasteiger partial charge in [-0.3, -0.25) is 5.10 Å². The highest BCUT2D eigenvalue weighted by Crippen LogP contribution is 2.31. The number of aromatic amines is 1. The predicted molar refractivity (Wildman–Crippen MR) is 58.7 cm³/mol. The van der Waals surface area contributed by atoms with Crippen LogP contribution >= 0.6 is 0 Å². The van der Waals surface area contributed by atoms with E-state index < -0.39 is 5.97 Å². The van der Waals surface area contributed by atoms with E-state index in [0.717, 1.165) is 23.2 Å². The van der Waals surface area contributed by atoms with Crippen LogP contribution < -0.4 is 0 Å². The largest absolute Gasteiger partial charge is 0.477 e. The van der Waals surface area contributed by atoms with Crippen molar-refractivity contribution in [2.75, 3.05) is 0 Å². The van der Waals surface area contributed by atoms with Crippen LogP contribution in [0.4, 0.5) is 0 Å². The molecule has 0 aromatic carbocycles. The number of H-pyrrole nitrogens is 1. The van der Waals surface area contributed by atoms with Crippen molar-refractivity contribution in [1.29, 1.82) is 0 Å². The molecule has 0 spiro atoms. The summed E-state index contributed by atoms with van der Waals surface area (Å²) in [6.07, 6.45) is 3.20. The van der Waals surface area contributed by atoms with Crippen LogP contribution in [0.2, 0.25) is 0 Å². The number of hydrogen-bond acceptors (Lipinski definition) is 4. The fourth-order valence-electron chi connectivity index (χ4n) is 2.12. The summed E-state index contributed by atoms with van der Waals surface area (Å²) in [5.74, 6) is -0.315. The van der Waals surface area contributed by atoms with Crippen molar-refractivity contribution in [2.45, 2.75) is 19.8 Å². The molecule has 0 unspecified atom stereocenters. The molecule has 2 N–H and O–H groups in total. The molecule has 86 valence electrons. The van der Waals surface area contributed by atoms with Crippen LogP contribution in [-0.2, 0) is 12.8 Å². The van der Waals surface area contributed by atoms with E-state index in [1.54, 1.807) is 13.1 Å². The van der Waals surface area contributed by atoms with Gasteiger partial charge in [0, 0.05) is 11.8 Å². The molecule has 0 saturated heterocycles. The molecule has 17 heavy (non-hydrogen) atoms. The number of carboxylic acids is 1. The Morgan fingerprint density at radius 3 is 3.00 bits per heavy atom. The highest BCUT2D eigenvalue weighted by Gasteiger charge is 2.26. The molecule has 0 bridgehead atoms. The Hall–Kier alpha value is -2.24. The summed E-state index contributed by atoms with van der Waals surface area (Å²) in [5.41, 5.74) is 3.33. The molecule has 0 radical (unpaired) electrons. The third-order valence-electron chi connectivity index (χ3n) is 2.93. The number of nitrogens with zero attached hydrogens (tertiary/aromatic N) is 3. The van der Waals surface area contributed by atoms with Crippen LogP contribution in [0.1, 0.15) is 27.4 Å². The van der Waals surface area contributed by atoms with Gasteiger partial charge in [0.15, 0.2) is 0 Å². The Morgan fingerprint density at radius 2 is 2.24 bits per heavy atom. The number of hydrogen-bond donors (Lipinski definition) is 2. The van der Waals surface area contributed by atoms with Crippen LogP contribution in [0.5, 0.6) is 0 Å². The number of fused-ring (bicyclic) bond motifs is 3. The predicted octanol–water partition coefficient (Wildman–Crippen LogP) is 0.972. The smallest absolute Gasteiger partial charge is 0.354 e. The number of carbonyl (C=O) groups is 1. The lowest BCUT2D eigenvalue weighted by Gasteiger charge is -2.14. The summed E-state index contributed by atoms with van der Waals surface area (Å²) >= 11 is 0. The maximum absolute atomic E-state index is 11.0. The summed E-state index contributed by atoms with van der Waals surface area (Å²) in [4.78, 5) is 19.5. The van der Waals surface area contributed by atoms with E-state index in [9.17, 15) is 4.79 Å². The molecule has 0 fully saturated rings. The van der Waals surface area contributed by atoms with E-state index in [2.05, 4.69) is 20.2 Å². The van der Waals surface area contributed by atoms with Gasteiger partial charge < -0.3 is 5.11 Å². The molecule has 6 nitrogen and oxygen atoms in total. The van der Waals surface area contributed by atoms with Gasteiger partial charge in [-0.15, -0.1) is 0 Å². The van der Waals surface area contributed by atoms with Crippen molar-refractivity contribution < 1.29 is 9.90 Å². The van der Waals surface area contributed by atoms with Gasteiger partial charge in [0.05, 0.1) is 5.69 Å². The highest BCUT2D eigenvalue weighted by atomic mass is 16.4. The Balaban J connectivity index is 2.23. The molecular weight excluding hydrogens is 220 g/mol. The van der Waals surface area contributed by atoms with Gasteiger partial charge in [-0.2, -0.15) is 5.10 Å². The minimum Gasteiger partial charge on any atom is -0.477 e. The second kappa shape index (κ2) is 3.38. The van der Waals surface area contributed by atoms with Crippen LogP contribution in [0.15, 0.2) is 6.20 Å². The third-order valence-corrected chi connectivity index (χ3v) is 2.93. The summed E-state index contributed by atoms with van der Waals surface area (Å²) in [6, 6.07) is 0. The number of aromatic carboxylic acids is 1. The van der Waals surface area contributed by atoms with Gasteiger partial charge in [-0.25, -0.2) is 14.8 Å². The van der Waals surface area contributed by atoms with Crippen molar-refractivity contribution in [2.24, 2.45) is 0 Å². The number of carboxylic acid groups (broad SMARTS) is 1. The van der Waals surface area contributed by atoms with Gasteiger partial charge in [0.1, 0.15) is 17.2 Å². The minimum absolute atomic E-state index is 0.168. The Kier molecular flexibility index (Phi) is 1.98. The third kappa shape index (κ3) is 1.41. The summed E-state index contributed by atoms with van der Waals surface area (Å²) in [5, 5.41) is 15.7. The van der Waals surface area contributed by atoms with Gasteiger partial charge in [0.25, 0.3) is 0 Å². The maximum atomic E-state index is 11.0. The first-order chi connectivity index (χ1) is 8.16. The Labute approximate surface area is 96.7 Å². The average Bonchev–Trinajstić information content (AvgIpc) is 2.72. The quantitative estimate of drug-likeness (QED) is 0.761. The number of rotatable bonds is 1. The van der Waals surface area contributed by atoms with Crippen molar-refractivity contribution in [3.63, 3.8) is 0 Å². The molecular formula is C11H10N4O2. The molecule has 2 heterocycles. The lowest BCUT2D eigenvalue weighted by Crippen LogP contribution is -2.09. The molecule has 3 rings (SSSR count). The molecule has 0 saturated carbocycles. The van der Waals surface area contributed by atoms with E-state index in [4.69, 9.17) is 5.11 Å². The molecule has 0 aliphatic heterocycles. The van der Waals surface area contributed by atoms with Gasteiger partial charge in [-0.05, 0) is 25.3 Å². The van der Waals surface area contributed by atoms with E-state index in [1.807, 2.05) is 0 Å². The van der Waals surface area contributed by atoms with E-state index in [0.29, 0.717) is 17.9 Å².